The Morgan fingerprint density at radius 2 is 1.80 bits per heavy atom. The average molecular weight is 271 g/mol. The molecule has 0 aromatic heterocycles. The van der Waals surface area contributed by atoms with E-state index in [9.17, 15) is 9.59 Å². The summed E-state index contributed by atoms with van der Waals surface area (Å²) in [6.45, 7) is 0. The van der Waals surface area contributed by atoms with E-state index in [0.717, 1.165) is 5.56 Å². The quantitative estimate of drug-likeness (QED) is 0.661. The first kappa shape index (κ1) is 13.6. The Labute approximate surface area is 115 Å². The zero-order chi connectivity index (χ0) is 14.7. The zero-order valence-corrected chi connectivity index (χ0v) is 10.8. The number of nitrogen functional groups attached to an aromatic ring is 1. The molecule has 0 saturated heterocycles. The second kappa shape index (κ2) is 5.44. The first-order valence-electron chi connectivity index (χ1n) is 5.84. The Kier molecular flexibility index (Phi) is 3.70. The third-order valence-corrected chi connectivity index (χ3v) is 2.90. The van der Waals surface area contributed by atoms with Gasteiger partial charge in [-0.15, -0.1) is 0 Å². The number of carboxylic acid groups (broad SMARTS) is 1. The standard InChI is InChI=1S/C15H13NO4/c1-20-15(19)12-6-5-10(8-13(12)16)9-3-2-4-11(7-9)14(17)18/h2-8H,16H2,1H3,(H,17,18). The van der Waals surface area contributed by atoms with Crippen molar-refractivity contribution in [2.24, 2.45) is 0 Å². The maximum absolute atomic E-state index is 11.4. The minimum Gasteiger partial charge on any atom is -0.478 e. The van der Waals surface area contributed by atoms with Gasteiger partial charge < -0.3 is 15.6 Å². The van der Waals surface area contributed by atoms with E-state index in [2.05, 4.69) is 4.74 Å². The summed E-state index contributed by atoms with van der Waals surface area (Å²) in [5.41, 5.74) is 8.03. The van der Waals surface area contributed by atoms with Crippen LogP contribution in [-0.4, -0.2) is 24.2 Å². The van der Waals surface area contributed by atoms with Gasteiger partial charge in [0.05, 0.1) is 18.2 Å². The van der Waals surface area contributed by atoms with Crippen molar-refractivity contribution in [1.82, 2.24) is 0 Å². The first-order valence-corrected chi connectivity index (χ1v) is 5.84. The fourth-order valence-electron chi connectivity index (χ4n) is 1.87. The summed E-state index contributed by atoms with van der Waals surface area (Å²) in [7, 11) is 1.28. The number of aromatic carboxylic acids is 1. The highest BCUT2D eigenvalue weighted by Crippen LogP contribution is 2.25. The average Bonchev–Trinajstić information content (AvgIpc) is 2.46. The minimum absolute atomic E-state index is 0.193. The third-order valence-electron chi connectivity index (χ3n) is 2.90. The van der Waals surface area contributed by atoms with Crippen LogP contribution in [-0.2, 0) is 4.74 Å². The number of carboxylic acids is 1. The normalized spacial score (nSPS) is 10.1. The topological polar surface area (TPSA) is 89.6 Å². The van der Waals surface area contributed by atoms with Crippen LogP contribution in [0.2, 0.25) is 0 Å². The molecule has 0 fully saturated rings. The van der Waals surface area contributed by atoms with Crippen LogP contribution in [0, 0.1) is 0 Å². The van der Waals surface area contributed by atoms with Gasteiger partial charge in [-0.25, -0.2) is 9.59 Å². The second-order valence-corrected chi connectivity index (χ2v) is 4.18. The number of methoxy groups -OCH3 is 1. The van der Waals surface area contributed by atoms with Gasteiger partial charge in [0, 0.05) is 5.69 Å². The summed E-state index contributed by atoms with van der Waals surface area (Å²) < 4.78 is 4.62. The molecule has 0 saturated carbocycles. The Bertz CT molecular complexity index is 679. The molecular weight excluding hydrogens is 258 g/mol. The second-order valence-electron chi connectivity index (χ2n) is 4.18. The molecule has 0 atom stereocenters. The minimum atomic E-state index is -0.994. The molecule has 0 aliphatic carbocycles. The molecule has 3 N–H and O–H groups in total. The molecule has 2 aromatic carbocycles. The van der Waals surface area contributed by atoms with Gasteiger partial charge in [-0.3, -0.25) is 0 Å². The predicted molar refractivity (Wildman–Crippen MR) is 74.6 cm³/mol. The van der Waals surface area contributed by atoms with Crippen LogP contribution >= 0.6 is 0 Å². The number of ether oxygens (including phenoxy) is 1. The Balaban J connectivity index is 2.44. The SMILES string of the molecule is COC(=O)c1ccc(-c2cccc(C(=O)O)c2)cc1N. The maximum Gasteiger partial charge on any atom is 0.339 e. The van der Waals surface area contributed by atoms with Crippen LogP contribution in [0.4, 0.5) is 5.69 Å². The van der Waals surface area contributed by atoms with E-state index in [1.54, 1.807) is 36.4 Å². The summed E-state index contributed by atoms with van der Waals surface area (Å²) in [5.74, 6) is -1.50. The van der Waals surface area contributed by atoms with Gasteiger partial charge in [-0.1, -0.05) is 18.2 Å². The van der Waals surface area contributed by atoms with E-state index in [4.69, 9.17) is 10.8 Å². The van der Waals surface area contributed by atoms with Crippen molar-refractivity contribution in [3.8, 4) is 11.1 Å². The number of nitrogens with two attached hydrogens (primary N) is 1. The molecular formula is C15H13NO4. The Hall–Kier alpha value is -2.82. The molecule has 20 heavy (non-hydrogen) atoms. The van der Waals surface area contributed by atoms with Crippen molar-refractivity contribution in [2.45, 2.75) is 0 Å². The number of hydrogen-bond donors (Lipinski definition) is 2. The summed E-state index contributed by atoms with van der Waals surface area (Å²) in [4.78, 5) is 22.4. The summed E-state index contributed by atoms with van der Waals surface area (Å²) in [6.07, 6.45) is 0. The van der Waals surface area contributed by atoms with E-state index < -0.39 is 11.9 Å². The molecule has 0 aliphatic rings. The molecule has 0 radical (unpaired) electrons. The van der Waals surface area contributed by atoms with Crippen LogP contribution < -0.4 is 5.73 Å². The Morgan fingerprint density at radius 1 is 1.10 bits per heavy atom. The van der Waals surface area contributed by atoms with Crippen molar-refractivity contribution in [2.75, 3.05) is 12.8 Å². The van der Waals surface area contributed by atoms with Crippen molar-refractivity contribution in [3.63, 3.8) is 0 Å². The fraction of sp³-hybridized carbons (Fsp3) is 0.0667. The molecule has 5 heteroatoms. The summed E-state index contributed by atoms with van der Waals surface area (Å²) in [5, 5.41) is 8.97. The molecule has 2 rings (SSSR count). The predicted octanol–water partition coefficient (Wildman–Crippen LogP) is 2.42. The lowest BCUT2D eigenvalue weighted by atomic mass is 10.0. The lowest BCUT2D eigenvalue weighted by Gasteiger charge is -2.07. The number of carbonyl (C=O) groups is 2. The van der Waals surface area contributed by atoms with Crippen LogP contribution in [0.1, 0.15) is 20.7 Å². The molecule has 0 heterocycles. The van der Waals surface area contributed by atoms with Crippen molar-refractivity contribution >= 4 is 17.6 Å². The lowest BCUT2D eigenvalue weighted by Crippen LogP contribution is -2.05. The third kappa shape index (κ3) is 2.61. The summed E-state index contributed by atoms with van der Waals surface area (Å²) in [6, 6.07) is 11.4. The molecule has 0 bridgehead atoms. The molecule has 0 amide bonds. The summed E-state index contributed by atoms with van der Waals surface area (Å²) >= 11 is 0. The van der Waals surface area contributed by atoms with E-state index in [-0.39, 0.29) is 16.8 Å². The number of benzene rings is 2. The fourth-order valence-corrected chi connectivity index (χ4v) is 1.87. The van der Waals surface area contributed by atoms with Crippen LogP contribution in [0.3, 0.4) is 0 Å². The smallest absolute Gasteiger partial charge is 0.339 e. The molecule has 5 nitrogen and oxygen atoms in total. The van der Waals surface area contributed by atoms with Crippen molar-refractivity contribution < 1.29 is 19.4 Å². The molecule has 0 aliphatic heterocycles. The van der Waals surface area contributed by atoms with E-state index >= 15 is 0 Å². The van der Waals surface area contributed by atoms with Gasteiger partial charge >= 0.3 is 11.9 Å². The number of rotatable bonds is 3. The van der Waals surface area contributed by atoms with Crippen LogP contribution in [0.5, 0.6) is 0 Å². The molecule has 2 aromatic rings. The number of carbonyl (C=O) groups excluding carboxylic acids is 1. The molecule has 0 unspecified atom stereocenters. The highest BCUT2D eigenvalue weighted by Gasteiger charge is 2.11. The first-order chi connectivity index (χ1) is 9.52. The highest BCUT2D eigenvalue weighted by atomic mass is 16.5. The molecule has 0 spiro atoms. The largest absolute Gasteiger partial charge is 0.478 e. The number of anilines is 1. The van der Waals surface area contributed by atoms with Crippen LogP contribution in [0.25, 0.3) is 11.1 Å². The Morgan fingerprint density at radius 3 is 2.40 bits per heavy atom. The number of esters is 1. The van der Waals surface area contributed by atoms with Gasteiger partial charge in [-0.05, 0) is 35.4 Å². The van der Waals surface area contributed by atoms with E-state index in [1.807, 2.05) is 0 Å². The van der Waals surface area contributed by atoms with Crippen molar-refractivity contribution in [1.29, 1.82) is 0 Å². The maximum atomic E-state index is 11.4. The van der Waals surface area contributed by atoms with Crippen molar-refractivity contribution in [3.05, 3.63) is 53.6 Å². The van der Waals surface area contributed by atoms with E-state index in [0.29, 0.717) is 5.56 Å². The van der Waals surface area contributed by atoms with Crippen LogP contribution in [0.15, 0.2) is 42.5 Å². The van der Waals surface area contributed by atoms with Gasteiger partial charge in [-0.2, -0.15) is 0 Å². The van der Waals surface area contributed by atoms with Gasteiger partial charge in [0.2, 0.25) is 0 Å². The lowest BCUT2D eigenvalue weighted by molar-refractivity contribution is 0.0601. The van der Waals surface area contributed by atoms with Gasteiger partial charge in [0.15, 0.2) is 0 Å². The van der Waals surface area contributed by atoms with Gasteiger partial charge in [0.25, 0.3) is 0 Å². The number of hydrogen-bond acceptors (Lipinski definition) is 4. The van der Waals surface area contributed by atoms with E-state index in [1.165, 1.54) is 13.2 Å². The zero-order valence-electron chi connectivity index (χ0n) is 10.8. The monoisotopic (exact) mass is 271 g/mol. The highest BCUT2D eigenvalue weighted by molar-refractivity contribution is 5.96. The molecule has 102 valence electrons. The van der Waals surface area contributed by atoms with Gasteiger partial charge in [0.1, 0.15) is 0 Å².